The third-order valence-electron chi connectivity index (χ3n) is 7.63. The number of aliphatic hydroxyl groups is 1. The maximum absolute atomic E-state index is 13.6. The minimum atomic E-state index is -1.11. The molecule has 2 N–H and O–H groups in total. The first kappa shape index (κ1) is 25.9. The third-order valence-corrected chi connectivity index (χ3v) is 7.63. The molecule has 1 saturated carbocycles. The summed E-state index contributed by atoms with van der Waals surface area (Å²) in [6.45, 7) is 3.73. The van der Waals surface area contributed by atoms with Crippen molar-refractivity contribution in [2.45, 2.75) is 58.2 Å². The minimum absolute atomic E-state index is 0.327. The van der Waals surface area contributed by atoms with Gasteiger partial charge in [-0.05, 0) is 45.1 Å². The lowest BCUT2D eigenvalue weighted by atomic mass is 9.90. The summed E-state index contributed by atoms with van der Waals surface area (Å²) >= 11 is 0. The molecule has 1 aliphatic carbocycles. The Balaban J connectivity index is 1.40. The van der Waals surface area contributed by atoms with Gasteiger partial charge >= 0.3 is 0 Å². The Morgan fingerprint density at radius 3 is 2.53 bits per heavy atom. The number of para-hydroxylation sites is 1. The average Bonchev–Trinajstić information content (AvgIpc) is 3.71. The molecule has 2 aromatic carbocycles. The molecular formula is C30H34N4O4. The van der Waals surface area contributed by atoms with Gasteiger partial charge < -0.3 is 19.8 Å². The van der Waals surface area contributed by atoms with Gasteiger partial charge in [0.1, 0.15) is 5.76 Å². The zero-order valence-corrected chi connectivity index (χ0v) is 22.1. The number of carbonyl (C=O) groups is 2. The number of likely N-dealkylation sites (N-methyl/N-ethyl adjacent to an activating group) is 1. The van der Waals surface area contributed by atoms with Crippen molar-refractivity contribution >= 4 is 23.2 Å². The second kappa shape index (κ2) is 10.9. The summed E-state index contributed by atoms with van der Waals surface area (Å²) in [6.07, 6.45) is 1.68. The van der Waals surface area contributed by atoms with E-state index in [1.165, 1.54) is 0 Å². The van der Waals surface area contributed by atoms with Gasteiger partial charge in [0.2, 0.25) is 12.1 Å². The smallest absolute Gasteiger partial charge is 0.272 e. The lowest BCUT2D eigenvalue weighted by Gasteiger charge is -2.25. The summed E-state index contributed by atoms with van der Waals surface area (Å²) in [5, 5.41) is 18.1. The van der Waals surface area contributed by atoms with Crippen molar-refractivity contribution in [1.82, 2.24) is 10.5 Å². The van der Waals surface area contributed by atoms with Crippen LogP contribution in [0.1, 0.15) is 53.8 Å². The molecule has 8 heteroatoms. The first-order valence-electron chi connectivity index (χ1n) is 13.2. The van der Waals surface area contributed by atoms with E-state index in [1.54, 1.807) is 11.9 Å². The molecule has 1 aromatic heterocycles. The van der Waals surface area contributed by atoms with Gasteiger partial charge in [0.05, 0.1) is 29.1 Å². The van der Waals surface area contributed by atoms with Gasteiger partial charge in [-0.3, -0.25) is 9.59 Å². The van der Waals surface area contributed by atoms with Gasteiger partial charge in [0.25, 0.3) is 5.91 Å². The van der Waals surface area contributed by atoms with Gasteiger partial charge in [-0.15, -0.1) is 0 Å². The molecule has 0 radical (unpaired) electrons. The van der Waals surface area contributed by atoms with Crippen LogP contribution in [-0.2, 0) is 16.0 Å². The molecule has 5 rings (SSSR count). The van der Waals surface area contributed by atoms with E-state index < -0.39 is 18.2 Å². The van der Waals surface area contributed by atoms with E-state index in [-0.39, 0.29) is 11.8 Å². The molecule has 0 unspecified atom stereocenters. The molecular weight excluding hydrogens is 480 g/mol. The molecule has 0 bridgehead atoms. The van der Waals surface area contributed by atoms with Crippen molar-refractivity contribution in [1.29, 1.82) is 0 Å². The second-order valence-electron chi connectivity index (χ2n) is 10.4. The Morgan fingerprint density at radius 2 is 1.84 bits per heavy atom. The first-order chi connectivity index (χ1) is 18.3. The van der Waals surface area contributed by atoms with E-state index in [1.807, 2.05) is 68.4 Å². The highest BCUT2D eigenvalue weighted by atomic mass is 16.5. The van der Waals surface area contributed by atoms with Crippen LogP contribution in [0.25, 0.3) is 0 Å². The predicted molar refractivity (Wildman–Crippen MR) is 145 cm³/mol. The van der Waals surface area contributed by atoms with Gasteiger partial charge in [0.15, 0.2) is 0 Å². The molecule has 2 amide bonds. The number of nitrogens with zero attached hydrogens (tertiary/aromatic N) is 3. The van der Waals surface area contributed by atoms with Crippen LogP contribution in [0.2, 0.25) is 0 Å². The number of fused-ring (bicyclic) bond motifs is 1. The van der Waals surface area contributed by atoms with E-state index in [0.29, 0.717) is 30.9 Å². The van der Waals surface area contributed by atoms with Crippen molar-refractivity contribution in [3.63, 3.8) is 0 Å². The van der Waals surface area contributed by atoms with Crippen LogP contribution in [0.3, 0.4) is 0 Å². The first-order valence-corrected chi connectivity index (χ1v) is 13.2. The lowest BCUT2D eigenvalue weighted by molar-refractivity contribution is -0.133. The van der Waals surface area contributed by atoms with E-state index >= 15 is 0 Å². The number of rotatable bonds is 9. The fraction of sp³-hybridized carbons (Fsp3) is 0.400. The molecule has 2 heterocycles. The summed E-state index contributed by atoms with van der Waals surface area (Å²) in [5.74, 6) is -0.168. The fourth-order valence-electron chi connectivity index (χ4n) is 5.19. The van der Waals surface area contributed by atoms with Crippen LogP contribution in [0.15, 0.2) is 64.1 Å². The van der Waals surface area contributed by atoms with Crippen LogP contribution in [0.5, 0.6) is 0 Å². The van der Waals surface area contributed by atoms with E-state index in [4.69, 9.17) is 9.52 Å². The molecule has 0 spiro atoms. The molecule has 3 atom stereocenters. The number of hydrogen-bond acceptors (Lipinski definition) is 6. The number of nitrogens with one attached hydrogen (secondary N) is 1. The molecule has 38 heavy (non-hydrogen) atoms. The maximum Gasteiger partial charge on any atom is 0.272 e. The summed E-state index contributed by atoms with van der Waals surface area (Å²) in [7, 11) is 1.70. The minimum Gasteiger partial charge on any atom is -0.392 e. The van der Waals surface area contributed by atoms with Crippen molar-refractivity contribution in [2.24, 2.45) is 16.8 Å². The molecule has 0 saturated heterocycles. The average molecular weight is 515 g/mol. The van der Waals surface area contributed by atoms with Crippen LogP contribution in [0, 0.1) is 25.7 Å². The van der Waals surface area contributed by atoms with Gasteiger partial charge in [-0.25, -0.2) is 4.99 Å². The Morgan fingerprint density at radius 1 is 1.13 bits per heavy atom. The maximum atomic E-state index is 13.6. The van der Waals surface area contributed by atoms with Crippen LogP contribution in [0.4, 0.5) is 5.69 Å². The second-order valence-corrected chi connectivity index (χ2v) is 10.4. The molecule has 1 fully saturated rings. The summed E-state index contributed by atoms with van der Waals surface area (Å²) in [4.78, 5) is 33.5. The predicted octanol–water partition coefficient (Wildman–Crippen LogP) is 3.96. The van der Waals surface area contributed by atoms with Crippen molar-refractivity contribution < 1.29 is 19.2 Å². The van der Waals surface area contributed by atoms with Crippen molar-refractivity contribution in [2.75, 3.05) is 11.9 Å². The lowest BCUT2D eigenvalue weighted by Crippen LogP contribution is -2.49. The monoisotopic (exact) mass is 514 g/mol. The van der Waals surface area contributed by atoms with Gasteiger partial charge in [0, 0.05) is 23.7 Å². The summed E-state index contributed by atoms with van der Waals surface area (Å²) in [6, 6.07) is 17.3. The molecule has 2 aliphatic rings. The van der Waals surface area contributed by atoms with Crippen molar-refractivity contribution in [3.8, 4) is 0 Å². The normalized spacial score (nSPS) is 18.8. The van der Waals surface area contributed by atoms with Crippen LogP contribution in [-0.4, -0.2) is 47.1 Å². The number of aryl methyl sites for hydroxylation is 2. The Kier molecular flexibility index (Phi) is 7.42. The number of aliphatic hydroxyl groups excluding tert-OH is 1. The number of amides is 2. The Hall–Kier alpha value is -3.78. The number of aliphatic imine (C=N–C) groups is 1. The highest BCUT2D eigenvalue weighted by Crippen LogP contribution is 2.37. The van der Waals surface area contributed by atoms with Crippen molar-refractivity contribution in [3.05, 3.63) is 82.7 Å². The summed E-state index contributed by atoms with van der Waals surface area (Å²) < 4.78 is 5.25. The number of benzodiazepines with no additional fused rings is 1. The van der Waals surface area contributed by atoms with Gasteiger partial charge in [-0.2, -0.15) is 0 Å². The SMILES string of the molecule is Cc1noc(C)c1CC[C@H](O)[C@@H](CC1CC1)C(=O)N[C@H]1N=C(c2ccccc2)c2ccccc2N(C)C1=O. The molecule has 198 valence electrons. The van der Waals surface area contributed by atoms with E-state index in [0.717, 1.165) is 46.7 Å². The number of benzene rings is 2. The zero-order chi connectivity index (χ0) is 26.8. The number of aromatic nitrogens is 1. The van der Waals surface area contributed by atoms with E-state index in [9.17, 15) is 14.7 Å². The molecule has 8 nitrogen and oxygen atoms in total. The van der Waals surface area contributed by atoms with Crippen LogP contribution >= 0.6 is 0 Å². The van der Waals surface area contributed by atoms with Crippen LogP contribution < -0.4 is 10.2 Å². The Labute approximate surface area is 222 Å². The quantitative estimate of drug-likeness (QED) is 0.449. The number of anilines is 1. The topological polar surface area (TPSA) is 108 Å². The number of hydrogen-bond donors (Lipinski definition) is 2. The highest BCUT2D eigenvalue weighted by Gasteiger charge is 2.37. The largest absolute Gasteiger partial charge is 0.392 e. The zero-order valence-electron chi connectivity index (χ0n) is 22.1. The highest BCUT2D eigenvalue weighted by molar-refractivity contribution is 6.20. The molecule has 1 aliphatic heterocycles. The fourth-order valence-corrected chi connectivity index (χ4v) is 5.19. The summed E-state index contributed by atoms with van der Waals surface area (Å²) in [5.41, 5.74) is 4.81. The Bertz CT molecular complexity index is 1330. The third kappa shape index (κ3) is 5.41. The standard InChI is InChI=1S/C30H34N4O4/c1-18-22(19(2)38-33-18)15-16-26(35)24(17-20-13-14-20)29(36)32-28-30(37)34(3)25-12-8-7-11-23(25)27(31-28)21-9-5-4-6-10-21/h4-12,20,24,26,28,35H,13-17H2,1-3H3,(H,32,36)/t24-,26+,28-/m1/s1. The van der Waals surface area contributed by atoms with E-state index in [2.05, 4.69) is 10.5 Å². The molecule has 3 aromatic rings. The number of carbonyl (C=O) groups excluding carboxylic acids is 2. The van der Waals surface area contributed by atoms with Gasteiger partial charge in [-0.1, -0.05) is 66.5 Å².